The van der Waals surface area contributed by atoms with E-state index >= 15 is 0 Å². The third-order valence-corrected chi connectivity index (χ3v) is 5.28. The highest BCUT2D eigenvalue weighted by molar-refractivity contribution is 6.13. The van der Waals surface area contributed by atoms with E-state index < -0.39 is 5.92 Å². The molecule has 1 saturated heterocycles. The Labute approximate surface area is 169 Å². The average molecular weight is 397 g/mol. The number of rotatable bonds is 6. The normalized spacial score (nSPS) is 19.0. The first-order valence-electron chi connectivity index (χ1n) is 9.71. The monoisotopic (exact) mass is 397 g/mol. The number of nitrogens with zero attached hydrogens (tertiary/aromatic N) is 2. The van der Waals surface area contributed by atoms with Gasteiger partial charge in [0.05, 0.1) is 24.6 Å². The van der Waals surface area contributed by atoms with E-state index in [9.17, 15) is 9.18 Å². The number of carbonyl (C=O) groups excluding carboxylic acids is 1. The number of aliphatic imine (C=N–C) groups is 1. The lowest BCUT2D eigenvalue weighted by molar-refractivity contribution is -0.115. The van der Waals surface area contributed by atoms with E-state index in [1.165, 1.54) is 6.07 Å². The molecule has 1 N–H and O–H groups in total. The van der Waals surface area contributed by atoms with E-state index in [-0.39, 0.29) is 18.0 Å². The molecule has 0 radical (unpaired) electrons. The number of ether oxygens (including phenoxy) is 2. The first-order chi connectivity index (χ1) is 14.0. The van der Waals surface area contributed by atoms with Crippen LogP contribution in [0.1, 0.15) is 23.5 Å². The predicted octanol–water partition coefficient (Wildman–Crippen LogP) is 3.77. The molecule has 152 valence electrons. The summed E-state index contributed by atoms with van der Waals surface area (Å²) in [6, 6.07) is 10.6. The third-order valence-electron chi connectivity index (χ3n) is 5.28. The molecule has 2 aliphatic rings. The molecule has 1 amide bonds. The topological polar surface area (TPSA) is 63.2 Å². The van der Waals surface area contributed by atoms with Gasteiger partial charge in [-0.2, -0.15) is 0 Å². The van der Waals surface area contributed by atoms with E-state index in [1.807, 2.05) is 37.1 Å². The first kappa shape index (κ1) is 19.5. The predicted molar refractivity (Wildman–Crippen MR) is 111 cm³/mol. The maximum atomic E-state index is 14.6. The van der Waals surface area contributed by atoms with Crippen LogP contribution in [0.3, 0.4) is 0 Å². The zero-order valence-corrected chi connectivity index (χ0v) is 16.5. The van der Waals surface area contributed by atoms with Crippen LogP contribution < -0.4 is 10.2 Å². The molecule has 0 bridgehead atoms. The van der Waals surface area contributed by atoms with E-state index in [4.69, 9.17) is 9.47 Å². The lowest BCUT2D eigenvalue weighted by atomic mass is 9.97. The highest BCUT2D eigenvalue weighted by Gasteiger charge is 2.30. The zero-order valence-electron chi connectivity index (χ0n) is 16.5. The van der Waals surface area contributed by atoms with Crippen molar-refractivity contribution < 1.29 is 18.7 Å². The number of anilines is 2. The Balaban J connectivity index is 1.45. The number of halogens is 1. The van der Waals surface area contributed by atoms with Crippen molar-refractivity contribution >= 4 is 29.2 Å². The summed E-state index contributed by atoms with van der Waals surface area (Å²) in [5, 5.41) is 2.87. The van der Waals surface area contributed by atoms with Crippen molar-refractivity contribution in [2.45, 2.75) is 25.6 Å². The van der Waals surface area contributed by atoms with Crippen LogP contribution in [0.15, 0.2) is 41.4 Å². The van der Waals surface area contributed by atoms with Crippen LogP contribution in [-0.4, -0.2) is 45.2 Å². The summed E-state index contributed by atoms with van der Waals surface area (Å²) >= 11 is 0. The van der Waals surface area contributed by atoms with Gasteiger partial charge in [0.1, 0.15) is 11.7 Å². The minimum absolute atomic E-state index is 0.119. The van der Waals surface area contributed by atoms with Crippen LogP contribution in [0.5, 0.6) is 0 Å². The quantitative estimate of drug-likeness (QED) is 0.754. The number of hydrogen-bond donors (Lipinski definition) is 1. The molecule has 0 aliphatic carbocycles. The van der Waals surface area contributed by atoms with Gasteiger partial charge in [-0.3, -0.25) is 9.79 Å². The van der Waals surface area contributed by atoms with Crippen molar-refractivity contribution in [1.29, 1.82) is 0 Å². The molecular weight excluding hydrogens is 373 g/mol. The van der Waals surface area contributed by atoms with Gasteiger partial charge in [-0.25, -0.2) is 4.39 Å². The van der Waals surface area contributed by atoms with Crippen LogP contribution in [0.25, 0.3) is 0 Å². The van der Waals surface area contributed by atoms with Gasteiger partial charge in [0.15, 0.2) is 6.29 Å². The number of hydrogen-bond acceptors (Lipinski definition) is 5. The van der Waals surface area contributed by atoms with Crippen molar-refractivity contribution in [3.8, 4) is 0 Å². The number of benzene rings is 2. The number of fused-ring (bicyclic) bond motifs is 1. The molecule has 7 heteroatoms. The third kappa shape index (κ3) is 4.16. The van der Waals surface area contributed by atoms with Gasteiger partial charge in [0.2, 0.25) is 5.91 Å². The van der Waals surface area contributed by atoms with Gasteiger partial charge in [0.25, 0.3) is 0 Å². The number of aryl methyl sites for hydroxylation is 1. The maximum absolute atomic E-state index is 14.6. The Morgan fingerprint density at radius 3 is 2.83 bits per heavy atom. The van der Waals surface area contributed by atoms with Gasteiger partial charge in [-0.15, -0.1) is 0 Å². The van der Waals surface area contributed by atoms with E-state index in [0.29, 0.717) is 37.6 Å². The van der Waals surface area contributed by atoms with Crippen molar-refractivity contribution in [3.05, 3.63) is 53.3 Å². The second-order valence-electron chi connectivity index (χ2n) is 7.30. The van der Waals surface area contributed by atoms with Crippen LogP contribution >= 0.6 is 0 Å². The minimum atomic E-state index is -0.469. The van der Waals surface area contributed by atoms with Crippen LogP contribution in [0.4, 0.5) is 21.5 Å². The van der Waals surface area contributed by atoms with Gasteiger partial charge < -0.3 is 19.7 Å². The van der Waals surface area contributed by atoms with Crippen molar-refractivity contribution in [2.75, 3.05) is 37.0 Å². The van der Waals surface area contributed by atoms with Crippen LogP contribution in [0, 0.1) is 12.7 Å². The molecular formula is C22H24FN3O3. The molecule has 2 heterocycles. The summed E-state index contributed by atoms with van der Waals surface area (Å²) in [6.45, 7) is 3.80. The summed E-state index contributed by atoms with van der Waals surface area (Å²) in [6.07, 6.45) is 2.04. The minimum Gasteiger partial charge on any atom is -0.372 e. The van der Waals surface area contributed by atoms with E-state index in [2.05, 4.69) is 10.3 Å². The summed E-state index contributed by atoms with van der Waals surface area (Å²) in [5.41, 5.74) is 3.72. The molecule has 29 heavy (non-hydrogen) atoms. The fraction of sp³-hybridized carbons (Fsp3) is 0.364. The largest absolute Gasteiger partial charge is 0.372 e. The first-order valence-corrected chi connectivity index (χ1v) is 9.71. The number of nitrogens with one attached hydrogen (secondary N) is 1. The Morgan fingerprint density at radius 2 is 2.07 bits per heavy atom. The van der Waals surface area contributed by atoms with E-state index in [1.54, 1.807) is 18.3 Å². The molecule has 0 aromatic heterocycles. The van der Waals surface area contributed by atoms with E-state index in [0.717, 1.165) is 16.8 Å². The average Bonchev–Trinajstić information content (AvgIpc) is 3.32. The Hall–Kier alpha value is -2.77. The molecule has 0 saturated carbocycles. The fourth-order valence-electron chi connectivity index (χ4n) is 3.73. The standard InChI is InChI=1S/C22H24FN3O3/c1-14-4-3-5-18-21(14)16(22(27)25-18)13-24-15-6-7-19(17(23)12-15)26(2)9-8-20-28-10-11-29-20/h3-7,12-13,16,20H,8-11H2,1-2H3,(H,25,27). The molecule has 0 spiro atoms. The molecule has 2 aromatic rings. The highest BCUT2D eigenvalue weighted by atomic mass is 19.1. The molecule has 1 atom stereocenters. The van der Waals surface area contributed by atoms with Crippen molar-refractivity contribution in [1.82, 2.24) is 0 Å². The second kappa shape index (κ2) is 8.31. The highest BCUT2D eigenvalue weighted by Crippen LogP contribution is 2.34. The van der Waals surface area contributed by atoms with Gasteiger partial charge in [-0.1, -0.05) is 12.1 Å². The lowest BCUT2D eigenvalue weighted by Gasteiger charge is -2.21. The second-order valence-corrected chi connectivity index (χ2v) is 7.30. The smallest absolute Gasteiger partial charge is 0.237 e. The van der Waals surface area contributed by atoms with Gasteiger partial charge >= 0.3 is 0 Å². The van der Waals surface area contributed by atoms with Crippen LogP contribution in [-0.2, 0) is 14.3 Å². The van der Waals surface area contributed by atoms with Crippen molar-refractivity contribution in [2.24, 2.45) is 4.99 Å². The Bertz CT molecular complexity index is 941. The molecule has 1 fully saturated rings. The SMILES string of the molecule is Cc1cccc2c1C(C=Nc1ccc(N(C)CCC3OCCO3)c(F)c1)C(=O)N2. The number of carbonyl (C=O) groups is 1. The number of amides is 1. The lowest BCUT2D eigenvalue weighted by Crippen LogP contribution is -2.24. The Morgan fingerprint density at radius 1 is 1.28 bits per heavy atom. The van der Waals surface area contributed by atoms with Gasteiger partial charge in [-0.05, 0) is 36.2 Å². The Kier molecular flexibility index (Phi) is 5.60. The molecule has 4 rings (SSSR count). The summed E-state index contributed by atoms with van der Waals surface area (Å²) < 4.78 is 25.5. The summed E-state index contributed by atoms with van der Waals surface area (Å²) in [5.74, 6) is -0.947. The molecule has 2 aromatic carbocycles. The summed E-state index contributed by atoms with van der Waals surface area (Å²) in [7, 11) is 1.83. The molecule has 1 unspecified atom stereocenters. The molecule has 2 aliphatic heterocycles. The maximum Gasteiger partial charge on any atom is 0.237 e. The zero-order chi connectivity index (χ0) is 20.4. The van der Waals surface area contributed by atoms with Crippen molar-refractivity contribution in [3.63, 3.8) is 0 Å². The molecule has 6 nitrogen and oxygen atoms in total. The summed E-state index contributed by atoms with van der Waals surface area (Å²) in [4.78, 5) is 18.5. The fourth-order valence-corrected chi connectivity index (χ4v) is 3.73. The van der Waals surface area contributed by atoms with Crippen LogP contribution in [0.2, 0.25) is 0 Å². The van der Waals surface area contributed by atoms with Gasteiger partial charge in [0, 0.05) is 38.0 Å².